The lowest BCUT2D eigenvalue weighted by Crippen LogP contribution is -2.38. The lowest BCUT2D eigenvalue weighted by atomic mass is 9.70. The van der Waals surface area contributed by atoms with Gasteiger partial charge < -0.3 is 5.11 Å². The lowest BCUT2D eigenvalue weighted by Gasteiger charge is -2.33. The summed E-state index contributed by atoms with van der Waals surface area (Å²) in [7, 11) is 0. The summed E-state index contributed by atoms with van der Waals surface area (Å²) in [6.07, 6.45) is 4.97. The average molecular weight is 271 g/mol. The fourth-order valence-electron chi connectivity index (χ4n) is 3.76. The number of rotatable bonds is 3. The molecule has 0 aliphatic heterocycles. The summed E-state index contributed by atoms with van der Waals surface area (Å²) in [5, 5.41) is 9.63. The van der Waals surface area contributed by atoms with Gasteiger partial charge in [-0.15, -0.1) is 11.3 Å². The Hall–Kier alpha value is -0.540. The maximum absolute atomic E-state index is 11.7. The number of fused-ring (bicyclic) bond motifs is 2. The van der Waals surface area contributed by atoms with Crippen molar-refractivity contribution in [1.82, 2.24) is 0 Å². The highest BCUT2D eigenvalue weighted by Crippen LogP contribution is 2.57. The van der Waals surface area contributed by atoms with Gasteiger partial charge in [0.25, 0.3) is 0 Å². The second-order valence-electron chi connectivity index (χ2n) is 5.42. The molecule has 1 aromatic rings. The number of carbonyl (C=O) groups is 1. The zero-order valence-corrected chi connectivity index (χ0v) is 11.1. The molecule has 2 bridgehead atoms. The number of carboxylic acid groups (broad SMARTS) is 1. The van der Waals surface area contributed by atoms with Gasteiger partial charge in [-0.1, -0.05) is 18.0 Å². The van der Waals surface area contributed by atoms with Crippen LogP contribution in [0.4, 0.5) is 0 Å². The van der Waals surface area contributed by atoms with Gasteiger partial charge >= 0.3 is 5.97 Å². The van der Waals surface area contributed by atoms with E-state index in [0.29, 0.717) is 18.3 Å². The van der Waals surface area contributed by atoms with E-state index < -0.39 is 11.4 Å². The molecule has 0 radical (unpaired) electrons. The molecule has 0 spiro atoms. The SMILES string of the molecule is O=C(O)C1(Cc2ccc(Cl)s2)CC2CCC1C2. The van der Waals surface area contributed by atoms with E-state index in [0.717, 1.165) is 28.5 Å². The topological polar surface area (TPSA) is 37.3 Å². The van der Waals surface area contributed by atoms with Gasteiger partial charge in [-0.2, -0.15) is 0 Å². The Morgan fingerprint density at radius 3 is 2.82 bits per heavy atom. The van der Waals surface area contributed by atoms with Gasteiger partial charge in [0.05, 0.1) is 9.75 Å². The minimum absolute atomic E-state index is 0.380. The monoisotopic (exact) mass is 270 g/mol. The van der Waals surface area contributed by atoms with Crippen LogP contribution in [-0.4, -0.2) is 11.1 Å². The van der Waals surface area contributed by atoms with Crippen LogP contribution in [0, 0.1) is 17.3 Å². The minimum Gasteiger partial charge on any atom is -0.481 e. The van der Waals surface area contributed by atoms with Crippen molar-refractivity contribution in [3.8, 4) is 0 Å². The van der Waals surface area contributed by atoms with Crippen molar-refractivity contribution in [3.63, 3.8) is 0 Å². The van der Waals surface area contributed by atoms with Crippen molar-refractivity contribution in [2.75, 3.05) is 0 Å². The molecule has 2 aliphatic rings. The van der Waals surface area contributed by atoms with Crippen molar-refractivity contribution in [2.24, 2.45) is 17.3 Å². The van der Waals surface area contributed by atoms with E-state index in [9.17, 15) is 9.90 Å². The van der Waals surface area contributed by atoms with Gasteiger partial charge in [0, 0.05) is 4.88 Å². The minimum atomic E-state index is -0.603. The first kappa shape index (κ1) is 11.5. The predicted octanol–water partition coefficient (Wildman–Crippen LogP) is 3.84. The summed E-state index contributed by atoms with van der Waals surface area (Å²) in [5.74, 6) is 0.423. The smallest absolute Gasteiger partial charge is 0.310 e. The molecule has 1 aromatic heterocycles. The molecule has 2 nitrogen and oxygen atoms in total. The highest BCUT2D eigenvalue weighted by Gasteiger charge is 2.55. The molecule has 1 heterocycles. The van der Waals surface area contributed by atoms with Crippen LogP contribution in [0.3, 0.4) is 0 Å². The molecule has 0 saturated heterocycles. The standard InChI is InChI=1S/C13H15ClO2S/c14-11-4-3-10(17-11)7-13(12(15)16)6-8-1-2-9(13)5-8/h3-4,8-9H,1-2,5-7H2,(H,15,16). The lowest BCUT2D eigenvalue weighted by molar-refractivity contribution is -0.152. The van der Waals surface area contributed by atoms with Crippen LogP contribution in [0.5, 0.6) is 0 Å². The number of hydrogen-bond donors (Lipinski definition) is 1. The molecule has 2 aliphatic carbocycles. The summed E-state index contributed by atoms with van der Waals surface area (Å²) in [4.78, 5) is 12.8. The van der Waals surface area contributed by atoms with E-state index in [2.05, 4.69) is 0 Å². The number of carboxylic acids is 1. The Morgan fingerprint density at radius 1 is 1.53 bits per heavy atom. The molecule has 92 valence electrons. The van der Waals surface area contributed by atoms with Crippen LogP contribution in [0.15, 0.2) is 12.1 Å². The van der Waals surface area contributed by atoms with Crippen molar-refractivity contribution in [2.45, 2.75) is 32.1 Å². The Balaban J connectivity index is 1.89. The van der Waals surface area contributed by atoms with E-state index in [-0.39, 0.29) is 0 Å². The third kappa shape index (κ3) is 1.80. The third-order valence-corrected chi connectivity index (χ3v) is 5.75. The Bertz CT molecular complexity index is 456. The molecule has 17 heavy (non-hydrogen) atoms. The third-order valence-electron chi connectivity index (χ3n) is 4.52. The predicted molar refractivity (Wildman–Crippen MR) is 68.5 cm³/mol. The Kier molecular flexibility index (Phi) is 2.71. The molecule has 2 fully saturated rings. The highest BCUT2D eigenvalue weighted by atomic mass is 35.5. The molecule has 0 amide bonds. The molecular formula is C13H15ClO2S. The molecule has 3 rings (SSSR count). The first-order chi connectivity index (χ1) is 8.10. The second-order valence-corrected chi connectivity index (χ2v) is 7.22. The van der Waals surface area contributed by atoms with Crippen LogP contribution in [-0.2, 0) is 11.2 Å². The number of aliphatic carboxylic acids is 1. The first-order valence-electron chi connectivity index (χ1n) is 6.08. The Morgan fingerprint density at radius 2 is 2.35 bits per heavy atom. The fourth-order valence-corrected chi connectivity index (χ4v) is 4.97. The number of thiophene rings is 1. The number of halogens is 1. The van der Waals surface area contributed by atoms with Gasteiger partial charge in [0.2, 0.25) is 0 Å². The van der Waals surface area contributed by atoms with Crippen LogP contribution in [0.2, 0.25) is 4.34 Å². The number of hydrogen-bond acceptors (Lipinski definition) is 2. The Labute approximate surface area is 110 Å². The van der Waals surface area contributed by atoms with Crippen LogP contribution in [0.25, 0.3) is 0 Å². The quantitative estimate of drug-likeness (QED) is 0.906. The fraction of sp³-hybridized carbons (Fsp3) is 0.615. The van der Waals surface area contributed by atoms with Crippen molar-refractivity contribution >= 4 is 28.9 Å². The van der Waals surface area contributed by atoms with Crippen LogP contribution < -0.4 is 0 Å². The van der Waals surface area contributed by atoms with Gasteiger partial charge in [0.15, 0.2) is 0 Å². The summed E-state index contributed by atoms with van der Waals surface area (Å²) in [6, 6.07) is 3.84. The van der Waals surface area contributed by atoms with Crippen LogP contribution in [0.1, 0.15) is 30.6 Å². The van der Waals surface area contributed by atoms with E-state index in [1.54, 1.807) is 0 Å². The van der Waals surface area contributed by atoms with E-state index in [1.165, 1.54) is 17.8 Å². The molecular weight excluding hydrogens is 256 g/mol. The van der Waals surface area contributed by atoms with Gasteiger partial charge in [-0.25, -0.2) is 0 Å². The summed E-state index contributed by atoms with van der Waals surface area (Å²) >= 11 is 7.44. The normalized spacial score (nSPS) is 35.4. The summed E-state index contributed by atoms with van der Waals surface area (Å²) in [5.41, 5.74) is -0.503. The zero-order chi connectivity index (χ0) is 12.0. The second kappa shape index (κ2) is 3.99. The molecule has 2 saturated carbocycles. The average Bonchev–Trinajstić information content (AvgIpc) is 2.94. The van der Waals surface area contributed by atoms with Gasteiger partial charge in [-0.3, -0.25) is 4.79 Å². The van der Waals surface area contributed by atoms with E-state index >= 15 is 0 Å². The molecule has 4 heteroatoms. The van der Waals surface area contributed by atoms with Gasteiger partial charge in [0.1, 0.15) is 0 Å². The van der Waals surface area contributed by atoms with E-state index in [1.807, 2.05) is 12.1 Å². The van der Waals surface area contributed by atoms with Crippen molar-refractivity contribution < 1.29 is 9.90 Å². The highest BCUT2D eigenvalue weighted by molar-refractivity contribution is 7.16. The zero-order valence-electron chi connectivity index (χ0n) is 9.49. The maximum Gasteiger partial charge on any atom is 0.310 e. The van der Waals surface area contributed by atoms with E-state index in [4.69, 9.17) is 11.6 Å². The molecule has 3 atom stereocenters. The molecule has 3 unspecified atom stereocenters. The van der Waals surface area contributed by atoms with Crippen molar-refractivity contribution in [3.05, 3.63) is 21.3 Å². The largest absolute Gasteiger partial charge is 0.481 e. The molecule has 1 N–H and O–H groups in total. The summed E-state index contributed by atoms with van der Waals surface area (Å²) < 4.78 is 0.753. The van der Waals surface area contributed by atoms with Crippen LogP contribution >= 0.6 is 22.9 Å². The summed E-state index contributed by atoms with van der Waals surface area (Å²) in [6.45, 7) is 0. The maximum atomic E-state index is 11.7. The van der Waals surface area contributed by atoms with Gasteiger partial charge in [-0.05, 0) is 49.7 Å². The first-order valence-corrected chi connectivity index (χ1v) is 7.27. The van der Waals surface area contributed by atoms with Crippen molar-refractivity contribution in [1.29, 1.82) is 0 Å². The molecule has 0 aromatic carbocycles.